The number of likely N-dealkylation sites (N-methyl/N-ethyl adjacent to an activating group) is 2. The lowest BCUT2D eigenvalue weighted by molar-refractivity contribution is -0.167. The van der Waals surface area contributed by atoms with Gasteiger partial charge in [-0.05, 0) is 23.8 Å². The number of imide groups is 2. The average Bonchev–Trinajstić information content (AvgIpc) is 2.54. The maximum atomic E-state index is 12.3. The zero-order chi connectivity index (χ0) is 18.9. The first-order chi connectivity index (χ1) is 11.5. The molecule has 1 saturated heterocycles. The molecule has 1 N–H and O–H groups in total. The number of amides is 5. The van der Waals surface area contributed by atoms with Crippen molar-refractivity contribution in [2.24, 2.45) is 0 Å². The number of carbonyl (C=O) groups is 4. The first-order valence-corrected chi connectivity index (χ1v) is 6.82. The number of benzene rings is 1. The standard InChI is InChI=1S/C15H12F3N3O4/c1-20-11(22)10(12(23)21(2)14(20)25)7-8-4-3-5-9(6-8)19-13(24)15(16,17)18/h3-7H,1-2H3,(H,19,24). The molecule has 1 aromatic rings. The molecule has 1 heterocycles. The van der Waals surface area contributed by atoms with Crippen molar-refractivity contribution < 1.29 is 32.3 Å². The van der Waals surface area contributed by atoms with E-state index in [4.69, 9.17) is 0 Å². The topological polar surface area (TPSA) is 86.8 Å². The molecule has 5 amide bonds. The molecule has 0 saturated carbocycles. The van der Waals surface area contributed by atoms with Crippen molar-refractivity contribution >= 4 is 35.5 Å². The van der Waals surface area contributed by atoms with Crippen LogP contribution in [-0.2, 0) is 14.4 Å². The number of nitrogens with one attached hydrogen (secondary N) is 1. The fourth-order valence-electron chi connectivity index (χ4n) is 2.05. The molecule has 10 heteroatoms. The Balaban J connectivity index is 2.33. The highest BCUT2D eigenvalue weighted by molar-refractivity contribution is 6.30. The molecule has 1 aliphatic heterocycles. The molecular formula is C15H12F3N3O4. The molecule has 0 atom stereocenters. The van der Waals surface area contributed by atoms with Gasteiger partial charge in [0.1, 0.15) is 5.57 Å². The van der Waals surface area contributed by atoms with E-state index < -0.39 is 29.9 Å². The van der Waals surface area contributed by atoms with Crippen molar-refractivity contribution in [2.75, 3.05) is 19.4 Å². The van der Waals surface area contributed by atoms with E-state index >= 15 is 0 Å². The van der Waals surface area contributed by atoms with E-state index in [1.165, 1.54) is 32.3 Å². The second-order valence-corrected chi connectivity index (χ2v) is 5.15. The van der Waals surface area contributed by atoms with Crippen LogP contribution in [0.25, 0.3) is 6.08 Å². The molecule has 0 aliphatic carbocycles. The molecule has 7 nitrogen and oxygen atoms in total. The third-order valence-corrected chi connectivity index (χ3v) is 3.36. The summed E-state index contributed by atoms with van der Waals surface area (Å²) in [7, 11) is 2.39. The van der Waals surface area contributed by atoms with Crippen molar-refractivity contribution in [1.82, 2.24) is 9.80 Å². The minimum absolute atomic E-state index is 0.162. The van der Waals surface area contributed by atoms with Crippen molar-refractivity contribution in [3.63, 3.8) is 0 Å². The van der Waals surface area contributed by atoms with Crippen molar-refractivity contribution in [1.29, 1.82) is 0 Å². The molecule has 0 spiro atoms. The van der Waals surface area contributed by atoms with Crippen LogP contribution in [0.4, 0.5) is 23.7 Å². The second-order valence-electron chi connectivity index (χ2n) is 5.15. The Hall–Kier alpha value is -3.17. The van der Waals surface area contributed by atoms with Crippen LogP contribution in [0.2, 0.25) is 0 Å². The number of barbiturate groups is 1. The summed E-state index contributed by atoms with van der Waals surface area (Å²) in [5.41, 5.74) is -0.290. The summed E-state index contributed by atoms with van der Waals surface area (Å²) in [6, 6.07) is 4.35. The molecule has 132 valence electrons. The van der Waals surface area contributed by atoms with Crippen LogP contribution in [-0.4, -0.2) is 53.8 Å². The van der Waals surface area contributed by atoms with Crippen molar-refractivity contribution in [3.8, 4) is 0 Å². The van der Waals surface area contributed by atoms with E-state index in [1.807, 2.05) is 0 Å². The molecule has 0 radical (unpaired) electrons. The van der Waals surface area contributed by atoms with Gasteiger partial charge in [-0.3, -0.25) is 24.2 Å². The monoisotopic (exact) mass is 355 g/mol. The Morgan fingerprint density at radius 2 is 1.64 bits per heavy atom. The number of hydrogen-bond donors (Lipinski definition) is 1. The van der Waals surface area contributed by atoms with E-state index in [1.54, 1.807) is 5.32 Å². The van der Waals surface area contributed by atoms with Crippen molar-refractivity contribution in [2.45, 2.75) is 6.18 Å². The van der Waals surface area contributed by atoms with Gasteiger partial charge in [0.05, 0.1) is 0 Å². The van der Waals surface area contributed by atoms with Crippen LogP contribution < -0.4 is 5.32 Å². The predicted molar refractivity (Wildman–Crippen MR) is 80.0 cm³/mol. The normalized spacial score (nSPS) is 15.6. The molecule has 0 aromatic heterocycles. The van der Waals surface area contributed by atoms with Gasteiger partial charge >= 0.3 is 18.1 Å². The van der Waals surface area contributed by atoms with E-state index in [2.05, 4.69) is 0 Å². The van der Waals surface area contributed by atoms with Crippen LogP contribution in [0.5, 0.6) is 0 Å². The summed E-state index contributed by atoms with van der Waals surface area (Å²) in [6.45, 7) is 0. The maximum absolute atomic E-state index is 12.3. The fraction of sp³-hybridized carbons (Fsp3) is 0.200. The quantitative estimate of drug-likeness (QED) is 0.645. The molecule has 1 aromatic carbocycles. The lowest BCUT2D eigenvalue weighted by atomic mass is 10.1. The fourth-order valence-corrected chi connectivity index (χ4v) is 2.05. The number of nitrogens with zero attached hydrogens (tertiary/aromatic N) is 2. The molecule has 25 heavy (non-hydrogen) atoms. The predicted octanol–water partition coefficient (Wildman–Crippen LogP) is 1.62. The van der Waals surface area contributed by atoms with Crippen LogP contribution >= 0.6 is 0 Å². The number of rotatable bonds is 2. The minimum Gasteiger partial charge on any atom is -0.318 e. The van der Waals surface area contributed by atoms with Gasteiger partial charge in [-0.1, -0.05) is 12.1 Å². The number of urea groups is 1. The number of halogens is 3. The number of carbonyl (C=O) groups excluding carboxylic acids is 4. The van der Waals surface area contributed by atoms with Gasteiger partial charge in [-0.15, -0.1) is 0 Å². The number of alkyl halides is 3. The van der Waals surface area contributed by atoms with E-state index in [0.717, 1.165) is 21.9 Å². The third-order valence-electron chi connectivity index (χ3n) is 3.36. The van der Waals surface area contributed by atoms with E-state index in [0.29, 0.717) is 0 Å². The van der Waals surface area contributed by atoms with Gasteiger partial charge in [-0.2, -0.15) is 13.2 Å². The van der Waals surface area contributed by atoms with Crippen LogP contribution in [0, 0.1) is 0 Å². The zero-order valence-electron chi connectivity index (χ0n) is 13.0. The van der Waals surface area contributed by atoms with Gasteiger partial charge in [0.25, 0.3) is 11.8 Å². The highest BCUT2D eigenvalue weighted by atomic mass is 19.4. The van der Waals surface area contributed by atoms with Crippen molar-refractivity contribution in [3.05, 3.63) is 35.4 Å². The highest BCUT2D eigenvalue weighted by Gasteiger charge is 2.39. The first kappa shape index (κ1) is 18.2. The molecular weight excluding hydrogens is 343 g/mol. The maximum Gasteiger partial charge on any atom is 0.471 e. The zero-order valence-corrected chi connectivity index (χ0v) is 13.0. The highest BCUT2D eigenvalue weighted by Crippen LogP contribution is 2.21. The number of anilines is 1. The van der Waals surface area contributed by atoms with Crippen LogP contribution in [0.15, 0.2) is 29.8 Å². The molecule has 0 unspecified atom stereocenters. The Labute approximate surface area is 139 Å². The smallest absolute Gasteiger partial charge is 0.318 e. The summed E-state index contributed by atoms with van der Waals surface area (Å²) >= 11 is 0. The lowest BCUT2D eigenvalue weighted by Gasteiger charge is -2.28. The summed E-state index contributed by atoms with van der Waals surface area (Å²) in [6.07, 6.45) is -3.91. The minimum atomic E-state index is -5.05. The summed E-state index contributed by atoms with van der Waals surface area (Å²) in [4.78, 5) is 48.2. The van der Waals surface area contributed by atoms with Crippen LogP contribution in [0.1, 0.15) is 5.56 Å². The summed E-state index contributed by atoms with van der Waals surface area (Å²) < 4.78 is 36.8. The molecule has 1 aliphatic rings. The van der Waals surface area contributed by atoms with Gasteiger partial charge in [0, 0.05) is 19.8 Å². The second kappa shape index (κ2) is 6.38. The summed E-state index contributed by atoms with van der Waals surface area (Å²) in [5.74, 6) is -3.82. The van der Waals surface area contributed by atoms with Gasteiger partial charge in [0.15, 0.2) is 0 Å². The van der Waals surface area contributed by atoms with Gasteiger partial charge in [-0.25, -0.2) is 4.79 Å². The summed E-state index contributed by atoms with van der Waals surface area (Å²) in [5, 5.41) is 1.67. The molecule has 2 rings (SSSR count). The Kier molecular flexibility index (Phi) is 4.64. The van der Waals surface area contributed by atoms with E-state index in [-0.39, 0.29) is 16.8 Å². The SMILES string of the molecule is CN1C(=O)C(=Cc2cccc(NC(=O)C(F)(F)F)c2)C(=O)N(C)C1=O. The molecule has 1 fully saturated rings. The molecule has 0 bridgehead atoms. The average molecular weight is 355 g/mol. The third kappa shape index (κ3) is 3.67. The largest absolute Gasteiger partial charge is 0.471 e. The Morgan fingerprint density at radius 1 is 1.08 bits per heavy atom. The van der Waals surface area contributed by atoms with Crippen LogP contribution in [0.3, 0.4) is 0 Å². The van der Waals surface area contributed by atoms with E-state index in [9.17, 15) is 32.3 Å². The Morgan fingerprint density at radius 3 is 2.16 bits per heavy atom. The van der Waals surface area contributed by atoms with Gasteiger partial charge < -0.3 is 5.32 Å². The lowest BCUT2D eigenvalue weighted by Crippen LogP contribution is -2.52. The Bertz CT molecular complexity index is 775. The van der Waals surface area contributed by atoms with Gasteiger partial charge in [0.2, 0.25) is 0 Å². The number of hydrogen-bond acceptors (Lipinski definition) is 4. The first-order valence-electron chi connectivity index (χ1n) is 6.82.